The summed E-state index contributed by atoms with van der Waals surface area (Å²) in [5.74, 6) is -1.66. The van der Waals surface area contributed by atoms with Crippen LogP contribution >= 0.6 is 0 Å². The summed E-state index contributed by atoms with van der Waals surface area (Å²) in [7, 11) is 0. The smallest absolute Gasteiger partial charge is 0.340 e. The monoisotopic (exact) mass is 390 g/mol. The molecule has 9 nitrogen and oxygen atoms in total. The minimum atomic E-state index is -0.895. The second-order valence-electron chi connectivity index (χ2n) is 6.92. The van der Waals surface area contributed by atoms with Crippen molar-refractivity contribution in [1.82, 2.24) is 14.1 Å². The van der Waals surface area contributed by atoms with E-state index in [1.807, 2.05) is 32.3 Å². The Morgan fingerprint density at radius 1 is 1.25 bits per heavy atom. The molecule has 0 aliphatic heterocycles. The van der Waals surface area contributed by atoms with Crippen molar-refractivity contribution in [3.05, 3.63) is 49.4 Å². The maximum atomic E-state index is 12.5. The summed E-state index contributed by atoms with van der Waals surface area (Å²) in [5.41, 5.74) is 5.89. The molecule has 0 bridgehead atoms. The van der Waals surface area contributed by atoms with Crippen LogP contribution in [0.5, 0.6) is 0 Å². The molecule has 0 radical (unpaired) electrons. The van der Waals surface area contributed by atoms with Crippen LogP contribution in [0.4, 0.5) is 5.82 Å². The highest BCUT2D eigenvalue weighted by molar-refractivity contribution is 6.02. The number of aromatic nitrogens is 3. The molecule has 0 aliphatic rings. The molecule has 0 atom stereocenters. The van der Waals surface area contributed by atoms with Crippen molar-refractivity contribution in [1.29, 1.82) is 0 Å². The minimum Gasteiger partial charge on any atom is -0.454 e. The molecule has 28 heavy (non-hydrogen) atoms. The standard InChI is InChI=1S/C19H26N4O5/c1-6-7-22-16(20)15(17(25)21-19(22)27)14(24)9-28-18(26)13-8-11(4)23(10(2)3)12(13)5/h8,10H,6-7,9,20H2,1-5H3,(H,21,25,27). The third kappa shape index (κ3) is 3.92. The van der Waals surface area contributed by atoms with Gasteiger partial charge in [-0.05, 0) is 40.2 Å². The zero-order valence-corrected chi connectivity index (χ0v) is 16.8. The van der Waals surface area contributed by atoms with Crippen LogP contribution in [0.3, 0.4) is 0 Å². The highest BCUT2D eigenvalue weighted by Crippen LogP contribution is 2.21. The molecule has 2 rings (SSSR count). The summed E-state index contributed by atoms with van der Waals surface area (Å²) in [4.78, 5) is 50.8. The molecule has 152 valence electrons. The van der Waals surface area contributed by atoms with Gasteiger partial charge in [-0.25, -0.2) is 9.59 Å². The lowest BCUT2D eigenvalue weighted by Crippen LogP contribution is -2.37. The third-order valence-electron chi connectivity index (χ3n) is 4.52. The number of carbonyl (C=O) groups is 2. The summed E-state index contributed by atoms with van der Waals surface area (Å²) in [6, 6.07) is 1.87. The summed E-state index contributed by atoms with van der Waals surface area (Å²) < 4.78 is 8.22. The van der Waals surface area contributed by atoms with Gasteiger partial charge in [-0.15, -0.1) is 0 Å². The molecule has 2 heterocycles. The second-order valence-corrected chi connectivity index (χ2v) is 6.92. The molecule has 0 saturated carbocycles. The van der Waals surface area contributed by atoms with E-state index in [4.69, 9.17) is 10.5 Å². The fraction of sp³-hybridized carbons (Fsp3) is 0.474. The predicted octanol–water partition coefficient (Wildman–Crippen LogP) is 1.57. The maximum Gasteiger partial charge on any atom is 0.340 e. The van der Waals surface area contributed by atoms with Crippen molar-refractivity contribution in [2.75, 3.05) is 12.3 Å². The van der Waals surface area contributed by atoms with E-state index in [-0.39, 0.29) is 24.0 Å². The molecule has 0 spiro atoms. The number of anilines is 1. The Labute approximate surface area is 162 Å². The van der Waals surface area contributed by atoms with Crippen LogP contribution in [0.25, 0.3) is 0 Å². The zero-order chi connectivity index (χ0) is 21.2. The Hall–Kier alpha value is -3.10. The van der Waals surface area contributed by atoms with E-state index >= 15 is 0 Å². The molecule has 2 aromatic heterocycles. The Morgan fingerprint density at radius 3 is 2.43 bits per heavy atom. The van der Waals surface area contributed by atoms with Gasteiger partial charge in [-0.1, -0.05) is 6.92 Å². The number of nitrogens with two attached hydrogens (primary N) is 1. The molecule has 0 unspecified atom stereocenters. The lowest BCUT2D eigenvalue weighted by Gasteiger charge is -2.13. The van der Waals surface area contributed by atoms with E-state index < -0.39 is 29.6 Å². The fourth-order valence-corrected chi connectivity index (χ4v) is 3.36. The third-order valence-corrected chi connectivity index (χ3v) is 4.52. The number of esters is 1. The number of ether oxygens (including phenoxy) is 1. The van der Waals surface area contributed by atoms with Crippen LogP contribution in [0, 0.1) is 13.8 Å². The number of hydrogen-bond donors (Lipinski definition) is 2. The highest BCUT2D eigenvalue weighted by Gasteiger charge is 2.23. The highest BCUT2D eigenvalue weighted by atomic mass is 16.5. The van der Waals surface area contributed by atoms with Crippen LogP contribution in [-0.2, 0) is 11.3 Å². The first-order valence-corrected chi connectivity index (χ1v) is 9.11. The van der Waals surface area contributed by atoms with Gasteiger partial charge in [-0.2, -0.15) is 0 Å². The molecule has 2 aromatic rings. The Balaban J connectivity index is 2.25. The molecule has 0 aliphatic carbocycles. The summed E-state index contributed by atoms with van der Waals surface area (Å²) in [6.45, 7) is 9.11. The van der Waals surface area contributed by atoms with Crippen LogP contribution < -0.4 is 17.0 Å². The number of Topliss-reactive ketones (excluding diaryl/α,β-unsaturated/α-hetero) is 1. The lowest BCUT2D eigenvalue weighted by atomic mass is 10.2. The van der Waals surface area contributed by atoms with Crippen LogP contribution in [0.1, 0.15) is 65.3 Å². The van der Waals surface area contributed by atoms with E-state index in [2.05, 4.69) is 4.98 Å². The maximum absolute atomic E-state index is 12.5. The lowest BCUT2D eigenvalue weighted by molar-refractivity contribution is 0.0473. The number of carbonyl (C=O) groups excluding carboxylic acids is 2. The average Bonchev–Trinajstić information content (AvgIpc) is 2.90. The topological polar surface area (TPSA) is 129 Å². The number of nitrogens with zero attached hydrogens (tertiary/aromatic N) is 2. The normalized spacial score (nSPS) is 11.1. The van der Waals surface area contributed by atoms with Gasteiger partial charge in [0.1, 0.15) is 11.4 Å². The number of hydrogen-bond acceptors (Lipinski definition) is 6. The van der Waals surface area contributed by atoms with Gasteiger partial charge < -0.3 is 15.0 Å². The molecular weight excluding hydrogens is 364 g/mol. The van der Waals surface area contributed by atoms with E-state index in [1.54, 1.807) is 13.0 Å². The summed E-state index contributed by atoms with van der Waals surface area (Å²) >= 11 is 0. The largest absolute Gasteiger partial charge is 0.454 e. The van der Waals surface area contributed by atoms with E-state index in [9.17, 15) is 19.2 Å². The van der Waals surface area contributed by atoms with Gasteiger partial charge in [0.25, 0.3) is 5.56 Å². The molecule has 0 saturated heterocycles. The predicted molar refractivity (Wildman–Crippen MR) is 105 cm³/mol. The Kier molecular flexibility index (Phi) is 6.27. The van der Waals surface area contributed by atoms with Crippen molar-refractivity contribution >= 4 is 17.6 Å². The van der Waals surface area contributed by atoms with Crippen LogP contribution in [0.2, 0.25) is 0 Å². The number of H-pyrrole nitrogens is 1. The number of nitrogens with one attached hydrogen (secondary N) is 1. The number of rotatable bonds is 7. The Morgan fingerprint density at radius 2 is 1.89 bits per heavy atom. The number of aryl methyl sites for hydroxylation is 1. The number of aromatic amines is 1. The van der Waals surface area contributed by atoms with Gasteiger partial charge >= 0.3 is 11.7 Å². The van der Waals surface area contributed by atoms with E-state index in [1.165, 1.54) is 0 Å². The van der Waals surface area contributed by atoms with Crippen molar-refractivity contribution in [3.63, 3.8) is 0 Å². The number of nitrogen functional groups attached to an aromatic ring is 1. The Bertz CT molecular complexity index is 1030. The van der Waals surface area contributed by atoms with Gasteiger partial charge in [0.2, 0.25) is 5.78 Å². The van der Waals surface area contributed by atoms with Crippen LogP contribution in [-0.4, -0.2) is 32.5 Å². The van der Waals surface area contributed by atoms with E-state index in [0.29, 0.717) is 12.0 Å². The quantitative estimate of drug-likeness (QED) is 0.545. The zero-order valence-electron chi connectivity index (χ0n) is 16.8. The minimum absolute atomic E-state index is 0.168. The van der Waals surface area contributed by atoms with Gasteiger partial charge in [0, 0.05) is 24.0 Å². The second kappa shape index (κ2) is 8.28. The first kappa shape index (κ1) is 21.2. The summed E-state index contributed by atoms with van der Waals surface area (Å²) in [6.07, 6.45) is 0.588. The first-order valence-electron chi connectivity index (χ1n) is 9.11. The molecule has 3 N–H and O–H groups in total. The van der Waals surface area contributed by atoms with Crippen LogP contribution in [0.15, 0.2) is 15.7 Å². The fourth-order valence-electron chi connectivity index (χ4n) is 3.36. The van der Waals surface area contributed by atoms with Crippen molar-refractivity contribution < 1.29 is 14.3 Å². The van der Waals surface area contributed by atoms with Crippen molar-refractivity contribution in [2.24, 2.45) is 0 Å². The molecule has 0 fully saturated rings. The van der Waals surface area contributed by atoms with Gasteiger partial charge in [0.05, 0.1) is 5.56 Å². The molecule has 0 amide bonds. The van der Waals surface area contributed by atoms with Crippen molar-refractivity contribution in [3.8, 4) is 0 Å². The first-order chi connectivity index (χ1) is 13.1. The molecule has 0 aromatic carbocycles. The van der Waals surface area contributed by atoms with E-state index in [0.717, 1.165) is 16.0 Å². The average molecular weight is 390 g/mol. The molecular formula is C19H26N4O5. The number of ketones is 1. The SMILES string of the molecule is CCCn1c(N)c(C(=O)COC(=O)c2cc(C)n(C(C)C)c2C)c(=O)[nH]c1=O. The van der Waals surface area contributed by atoms with Crippen molar-refractivity contribution in [2.45, 2.75) is 53.6 Å². The molecule has 9 heteroatoms. The van der Waals surface area contributed by atoms with Gasteiger partial charge in [-0.3, -0.25) is 19.1 Å². The van der Waals surface area contributed by atoms with Gasteiger partial charge in [0.15, 0.2) is 6.61 Å². The summed E-state index contributed by atoms with van der Waals surface area (Å²) in [5, 5.41) is 0.